The second-order valence-corrected chi connectivity index (χ2v) is 6.28. The van der Waals surface area contributed by atoms with E-state index in [4.69, 9.17) is 0 Å². The maximum Gasteiger partial charge on any atom is 0.405 e. The first-order valence-electron chi connectivity index (χ1n) is 7.07. The van der Waals surface area contributed by atoms with Gasteiger partial charge in [0.05, 0.1) is 17.8 Å². The molecule has 0 spiro atoms. The van der Waals surface area contributed by atoms with Gasteiger partial charge in [0.15, 0.2) is 0 Å². The van der Waals surface area contributed by atoms with Crippen molar-refractivity contribution in [3.63, 3.8) is 0 Å². The first kappa shape index (κ1) is 17.1. The highest BCUT2D eigenvalue weighted by Crippen LogP contribution is 2.28. The van der Waals surface area contributed by atoms with Crippen LogP contribution in [-0.4, -0.2) is 29.7 Å². The van der Waals surface area contributed by atoms with Gasteiger partial charge in [0.25, 0.3) is 0 Å². The molecule has 1 aliphatic carbocycles. The lowest BCUT2D eigenvalue weighted by Crippen LogP contribution is -2.45. The molecule has 0 bridgehead atoms. The van der Waals surface area contributed by atoms with Crippen LogP contribution in [0.15, 0.2) is 22.9 Å². The van der Waals surface area contributed by atoms with E-state index >= 15 is 0 Å². The topological polar surface area (TPSA) is 54.0 Å². The van der Waals surface area contributed by atoms with E-state index in [0.29, 0.717) is 6.42 Å². The molecule has 2 atom stereocenters. The van der Waals surface area contributed by atoms with Crippen LogP contribution in [0.2, 0.25) is 0 Å². The van der Waals surface area contributed by atoms with Crippen LogP contribution in [0.1, 0.15) is 25.7 Å². The van der Waals surface area contributed by atoms with Crippen molar-refractivity contribution >= 4 is 27.5 Å². The average Bonchev–Trinajstić information content (AvgIpc) is 2.45. The number of pyridine rings is 1. The molecule has 0 aliphatic heterocycles. The Morgan fingerprint density at radius 2 is 2.05 bits per heavy atom. The number of hydrogen-bond donors (Lipinski definition) is 2. The Hall–Kier alpha value is -1.31. The van der Waals surface area contributed by atoms with Crippen molar-refractivity contribution in [1.82, 2.24) is 10.3 Å². The molecule has 0 saturated heterocycles. The zero-order valence-electron chi connectivity index (χ0n) is 11.8. The Kier molecular flexibility index (Phi) is 5.66. The summed E-state index contributed by atoms with van der Waals surface area (Å²) in [6.45, 7) is -1.28. The van der Waals surface area contributed by atoms with Crippen molar-refractivity contribution in [2.75, 3.05) is 11.9 Å². The predicted octanol–water partition coefficient (Wildman–Crippen LogP) is 3.49. The number of carbonyl (C=O) groups excluding carboxylic acids is 1. The van der Waals surface area contributed by atoms with Crippen LogP contribution in [0, 0.1) is 5.92 Å². The molecule has 0 radical (unpaired) electrons. The fraction of sp³-hybridized carbons (Fsp3) is 0.571. The number of hydrogen-bond acceptors (Lipinski definition) is 3. The number of rotatable bonds is 4. The highest BCUT2D eigenvalue weighted by molar-refractivity contribution is 9.10. The number of nitrogens with zero attached hydrogens (tertiary/aromatic N) is 1. The van der Waals surface area contributed by atoms with Gasteiger partial charge < -0.3 is 10.6 Å². The first-order chi connectivity index (χ1) is 10.3. The van der Waals surface area contributed by atoms with Gasteiger partial charge in [0.2, 0.25) is 5.91 Å². The number of anilines is 1. The highest BCUT2D eigenvalue weighted by atomic mass is 79.9. The average molecular weight is 380 g/mol. The summed E-state index contributed by atoms with van der Waals surface area (Å²) in [6.07, 6.45) is 2.01. The summed E-state index contributed by atoms with van der Waals surface area (Å²) in [5.74, 6) is -1.01. The van der Waals surface area contributed by atoms with Gasteiger partial charge in [0.1, 0.15) is 6.54 Å². The molecule has 22 heavy (non-hydrogen) atoms. The molecule has 2 rings (SSSR count). The zero-order chi connectivity index (χ0) is 16.2. The van der Waals surface area contributed by atoms with E-state index in [-0.39, 0.29) is 6.04 Å². The number of nitrogens with one attached hydrogen (secondary N) is 2. The molecule has 1 aromatic heterocycles. The lowest BCUT2D eigenvalue weighted by molar-refractivity contribution is -0.141. The number of aromatic nitrogens is 1. The summed E-state index contributed by atoms with van der Waals surface area (Å²) in [4.78, 5) is 16.1. The van der Waals surface area contributed by atoms with Crippen molar-refractivity contribution < 1.29 is 18.0 Å². The number of alkyl halides is 3. The molecule has 122 valence electrons. The van der Waals surface area contributed by atoms with Crippen LogP contribution >= 0.6 is 15.9 Å². The van der Waals surface area contributed by atoms with Gasteiger partial charge in [-0.15, -0.1) is 0 Å². The second kappa shape index (κ2) is 7.30. The zero-order valence-corrected chi connectivity index (χ0v) is 13.4. The second-order valence-electron chi connectivity index (χ2n) is 5.37. The van der Waals surface area contributed by atoms with Crippen LogP contribution in [-0.2, 0) is 4.79 Å². The van der Waals surface area contributed by atoms with E-state index in [9.17, 15) is 18.0 Å². The van der Waals surface area contributed by atoms with Gasteiger partial charge in [-0.05, 0) is 34.8 Å². The summed E-state index contributed by atoms with van der Waals surface area (Å²) in [5.41, 5.74) is 0.745. The van der Waals surface area contributed by atoms with Crippen LogP contribution < -0.4 is 10.6 Å². The summed E-state index contributed by atoms with van der Waals surface area (Å²) >= 11 is 3.31. The third-order valence-corrected chi connectivity index (χ3v) is 4.06. The molecule has 1 saturated carbocycles. The Bertz CT molecular complexity index is 524. The molecular weight excluding hydrogens is 363 g/mol. The molecule has 8 heteroatoms. The lowest BCUT2D eigenvalue weighted by atomic mass is 9.83. The molecule has 0 aromatic carbocycles. The Morgan fingerprint density at radius 3 is 2.73 bits per heavy atom. The van der Waals surface area contributed by atoms with Crippen molar-refractivity contribution in [2.24, 2.45) is 5.92 Å². The maximum absolute atomic E-state index is 12.2. The number of amides is 1. The minimum atomic E-state index is -4.39. The van der Waals surface area contributed by atoms with Crippen molar-refractivity contribution in [1.29, 1.82) is 0 Å². The minimum absolute atomic E-state index is 0.182. The van der Waals surface area contributed by atoms with E-state index in [0.717, 1.165) is 29.4 Å². The van der Waals surface area contributed by atoms with Crippen molar-refractivity contribution in [3.8, 4) is 0 Å². The summed E-state index contributed by atoms with van der Waals surface area (Å²) < 4.78 is 37.5. The van der Waals surface area contributed by atoms with Crippen LogP contribution in [0.5, 0.6) is 0 Å². The molecule has 0 unspecified atom stereocenters. The minimum Gasteiger partial charge on any atom is -0.380 e. The van der Waals surface area contributed by atoms with Crippen molar-refractivity contribution in [3.05, 3.63) is 22.9 Å². The lowest BCUT2D eigenvalue weighted by Gasteiger charge is -2.32. The van der Waals surface area contributed by atoms with Gasteiger partial charge in [-0.3, -0.25) is 9.78 Å². The smallest absolute Gasteiger partial charge is 0.380 e. The predicted molar refractivity (Wildman–Crippen MR) is 80.4 cm³/mol. The molecule has 1 amide bonds. The van der Waals surface area contributed by atoms with Gasteiger partial charge in [-0.1, -0.05) is 12.8 Å². The Labute approximate surface area is 135 Å². The van der Waals surface area contributed by atoms with Crippen LogP contribution in [0.25, 0.3) is 0 Å². The molecule has 1 heterocycles. The third kappa shape index (κ3) is 5.15. The van der Waals surface area contributed by atoms with Gasteiger partial charge in [-0.2, -0.15) is 13.2 Å². The van der Waals surface area contributed by atoms with Crippen LogP contribution in [0.4, 0.5) is 18.9 Å². The van der Waals surface area contributed by atoms with E-state index in [2.05, 4.69) is 26.2 Å². The monoisotopic (exact) mass is 379 g/mol. The fourth-order valence-electron chi connectivity index (χ4n) is 2.64. The standard InChI is InChI=1S/C14H17BrF3N3O/c15-9-5-10(7-19-6-9)21-12-4-2-1-3-11(12)13(22)20-8-14(16,17)18/h5-7,11-12,21H,1-4,8H2,(H,20,22)/t11-,12+/m1/s1. The highest BCUT2D eigenvalue weighted by Gasteiger charge is 2.34. The number of carbonyl (C=O) groups is 1. The molecular formula is C14H17BrF3N3O. The fourth-order valence-corrected chi connectivity index (χ4v) is 3.01. The van der Waals surface area contributed by atoms with E-state index in [1.807, 2.05) is 11.4 Å². The first-order valence-corrected chi connectivity index (χ1v) is 7.86. The molecule has 1 aromatic rings. The summed E-state index contributed by atoms with van der Waals surface area (Å²) in [7, 11) is 0. The molecule has 4 nitrogen and oxygen atoms in total. The normalized spacial score (nSPS) is 22.2. The van der Waals surface area contributed by atoms with Gasteiger partial charge in [0, 0.05) is 16.7 Å². The third-order valence-electron chi connectivity index (χ3n) is 3.62. The largest absolute Gasteiger partial charge is 0.405 e. The Balaban J connectivity index is 2.00. The molecule has 1 aliphatic rings. The SMILES string of the molecule is O=C(NCC(F)(F)F)[C@@H]1CCCC[C@@H]1Nc1cncc(Br)c1. The summed E-state index contributed by atoms with van der Waals surface area (Å²) in [6, 6.07) is 1.64. The van der Waals surface area contributed by atoms with Crippen LogP contribution in [0.3, 0.4) is 0 Å². The van der Waals surface area contributed by atoms with Crippen molar-refractivity contribution in [2.45, 2.75) is 37.9 Å². The maximum atomic E-state index is 12.2. The molecule has 2 N–H and O–H groups in total. The Morgan fingerprint density at radius 1 is 1.32 bits per heavy atom. The molecule has 1 fully saturated rings. The van der Waals surface area contributed by atoms with Gasteiger partial charge >= 0.3 is 6.18 Å². The van der Waals surface area contributed by atoms with E-state index in [1.165, 1.54) is 0 Å². The van der Waals surface area contributed by atoms with E-state index in [1.54, 1.807) is 12.4 Å². The van der Waals surface area contributed by atoms with Gasteiger partial charge in [-0.25, -0.2) is 0 Å². The van der Waals surface area contributed by atoms with E-state index < -0.39 is 24.5 Å². The number of halogens is 4. The summed E-state index contributed by atoms with van der Waals surface area (Å²) in [5, 5.41) is 5.21. The quantitative estimate of drug-likeness (QED) is 0.841.